The van der Waals surface area contributed by atoms with Crippen LogP contribution in [-0.2, 0) is 9.47 Å². The average Bonchev–Trinajstić information content (AvgIpc) is 3.37. The fourth-order valence-electron chi connectivity index (χ4n) is 4.04. The van der Waals surface area contributed by atoms with Gasteiger partial charge in [0.25, 0.3) is 5.91 Å². The Morgan fingerprint density at radius 1 is 1.24 bits per heavy atom. The molecule has 0 atom stereocenters. The highest BCUT2D eigenvalue weighted by Gasteiger charge is 2.24. The van der Waals surface area contributed by atoms with E-state index in [1.165, 1.54) is 0 Å². The molecule has 0 radical (unpaired) electrons. The normalized spacial score (nSPS) is 19.5. The van der Waals surface area contributed by atoms with Crippen molar-refractivity contribution in [3.8, 4) is 5.69 Å². The highest BCUT2D eigenvalue weighted by Crippen LogP contribution is 2.26. The van der Waals surface area contributed by atoms with Crippen LogP contribution in [0.4, 0.5) is 0 Å². The number of carbonyl (C=O) groups is 1. The minimum atomic E-state index is -0.0393. The van der Waals surface area contributed by atoms with E-state index in [1.54, 1.807) is 19.6 Å². The average molecular weight is 396 g/mol. The number of aromatic amines is 1. The first-order valence-electron chi connectivity index (χ1n) is 10.2. The summed E-state index contributed by atoms with van der Waals surface area (Å²) in [6.07, 6.45) is 9.40. The largest absolute Gasteiger partial charge is 0.382 e. The van der Waals surface area contributed by atoms with E-state index in [0.717, 1.165) is 48.0 Å². The molecule has 0 spiro atoms. The first kappa shape index (κ1) is 19.7. The zero-order valence-corrected chi connectivity index (χ0v) is 17.0. The highest BCUT2D eigenvalue weighted by atomic mass is 16.5. The predicted molar refractivity (Wildman–Crippen MR) is 111 cm³/mol. The quantitative estimate of drug-likeness (QED) is 0.600. The Labute approximate surface area is 170 Å². The van der Waals surface area contributed by atoms with Crippen molar-refractivity contribution in [1.29, 1.82) is 0 Å². The van der Waals surface area contributed by atoms with Crippen LogP contribution in [0, 0.1) is 6.92 Å². The molecule has 0 saturated heterocycles. The van der Waals surface area contributed by atoms with Gasteiger partial charge in [0.1, 0.15) is 0 Å². The van der Waals surface area contributed by atoms with E-state index in [-0.39, 0.29) is 18.1 Å². The van der Waals surface area contributed by atoms with Gasteiger partial charge in [-0.05, 0) is 50.8 Å². The molecule has 1 amide bonds. The van der Waals surface area contributed by atoms with Crippen LogP contribution in [0.25, 0.3) is 16.6 Å². The third-order valence-corrected chi connectivity index (χ3v) is 5.55. The van der Waals surface area contributed by atoms with Crippen molar-refractivity contribution in [1.82, 2.24) is 19.9 Å². The monoisotopic (exact) mass is 396 g/mol. The van der Waals surface area contributed by atoms with Crippen molar-refractivity contribution in [3.63, 3.8) is 0 Å². The molecule has 7 nitrogen and oxygen atoms in total. The molecule has 0 bridgehead atoms. The van der Waals surface area contributed by atoms with Crippen LogP contribution in [0.3, 0.4) is 0 Å². The number of ether oxygens (including phenoxy) is 2. The van der Waals surface area contributed by atoms with E-state index in [4.69, 9.17) is 9.47 Å². The van der Waals surface area contributed by atoms with Crippen LogP contribution in [0.5, 0.6) is 0 Å². The molecule has 1 aromatic carbocycles. The van der Waals surface area contributed by atoms with Crippen LogP contribution in [0.2, 0.25) is 0 Å². The van der Waals surface area contributed by atoms with E-state index < -0.39 is 0 Å². The molecule has 1 fully saturated rings. The molecule has 0 unspecified atom stereocenters. The number of methoxy groups -OCH3 is 1. The number of H-pyrrole nitrogens is 1. The maximum absolute atomic E-state index is 13.1. The summed E-state index contributed by atoms with van der Waals surface area (Å²) in [6.45, 7) is 3.25. The first-order chi connectivity index (χ1) is 14.1. The van der Waals surface area contributed by atoms with Crippen LogP contribution >= 0.6 is 0 Å². The fourth-order valence-corrected chi connectivity index (χ4v) is 4.04. The molecule has 1 saturated carbocycles. The molecule has 0 aliphatic heterocycles. The van der Waals surface area contributed by atoms with Gasteiger partial charge in [-0.15, -0.1) is 0 Å². The molecule has 154 valence electrons. The Hall–Kier alpha value is -2.64. The van der Waals surface area contributed by atoms with Gasteiger partial charge in [-0.2, -0.15) is 0 Å². The number of hydrogen-bond acceptors (Lipinski definition) is 4. The second kappa shape index (κ2) is 8.80. The zero-order valence-electron chi connectivity index (χ0n) is 17.0. The van der Waals surface area contributed by atoms with Gasteiger partial charge in [-0.3, -0.25) is 4.79 Å². The summed E-state index contributed by atoms with van der Waals surface area (Å²) in [7, 11) is 1.68. The first-order valence-corrected chi connectivity index (χ1v) is 10.2. The molecule has 2 heterocycles. The Morgan fingerprint density at radius 3 is 2.79 bits per heavy atom. The summed E-state index contributed by atoms with van der Waals surface area (Å²) in [5.74, 6) is -0.0393. The Morgan fingerprint density at radius 2 is 2.07 bits per heavy atom. The zero-order chi connectivity index (χ0) is 20.2. The molecule has 2 N–H and O–H groups in total. The lowest BCUT2D eigenvalue weighted by atomic mass is 9.92. The SMILES string of the molecule is COCCO[C@H]1CC[C@H](NC(=O)c2cc(-n3ccnc3)cc3cc(C)[nH]c23)CC1. The number of fused-ring (bicyclic) bond motifs is 1. The Bertz CT molecular complexity index is 956. The lowest BCUT2D eigenvalue weighted by molar-refractivity contribution is -0.00408. The minimum absolute atomic E-state index is 0.0393. The minimum Gasteiger partial charge on any atom is -0.382 e. The van der Waals surface area contributed by atoms with Crippen molar-refractivity contribution in [2.45, 2.75) is 44.8 Å². The highest BCUT2D eigenvalue weighted by molar-refractivity contribution is 6.07. The summed E-state index contributed by atoms with van der Waals surface area (Å²) < 4.78 is 12.8. The molecule has 1 aliphatic rings. The third kappa shape index (κ3) is 4.52. The number of hydrogen-bond donors (Lipinski definition) is 2. The second-order valence-corrected chi connectivity index (χ2v) is 7.69. The molecular formula is C22H28N4O3. The van der Waals surface area contributed by atoms with Crippen molar-refractivity contribution in [2.75, 3.05) is 20.3 Å². The second-order valence-electron chi connectivity index (χ2n) is 7.69. The van der Waals surface area contributed by atoms with Crippen molar-refractivity contribution < 1.29 is 14.3 Å². The fraction of sp³-hybridized carbons (Fsp3) is 0.455. The Balaban J connectivity index is 1.47. The summed E-state index contributed by atoms with van der Waals surface area (Å²) >= 11 is 0. The maximum atomic E-state index is 13.1. The van der Waals surface area contributed by atoms with Gasteiger partial charge in [-0.25, -0.2) is 4.98 Å². The lowest BCUT2D eigenvalue weighted by Crippen LogP contribution is -2.39. The third-order valence-electron chi connectivity index (χ3n) is 5.55. The predicted octanol–water partition coefficient (Wildman–Crippen LogP) is 3.37. The molecule has 2 aromatic heterocycles. The van der Waals surface area contributed by atoms with Gasteiger partial charge in [0, 0.05) is 42.3 Å². The summed E-state index contributed by atoms with van der Waals surface area (Å²) in [4.78, 5) is 20.6. The van der Waals surface area contributed by atoms with Crippen LogP contribution < -0.4 is 5.32 Å². The van der Waals surface area contributed by atoms with Crippen molar-refractivity contribution >= 4 is 16.8 Å². The number of nitrogens with zero attached hydrogens (tertiary/aromatic N) is 2. The van der Waals surface area contributed by atoms with Crippen molar-refractivity contribution in [3.05, 3.63) is 48.2 Å². The van der Waals surface area contributed by atoms with Gasteiger partial charge in [0.15, 0.2) is 0 Å². The van der Waals surface area contributed by atoms with Gasteiger partial charge in [-0.1, -0.05) is 0 Å². The van der Waals surface area contributed by atoms with E-state index in [0.29, 0.717) is 18.8 Å². The molecule has 3 aromatic rings. The van der Waals surface area contributed by atoms with Crippen LogP contribution in [0.1, 0.15) is 41.7 Å². The number of carbonyl (C=O) groups excluding carboxylic acids is 1. The van der Waals surface area contributed by atoms with Crippen LogP contribution in [0.15, 0.2) is 36.9 Å². The number of amides is 1. The van der Waals surface area contributed by atoms with Gasteiger partial charge < -0.3 is 24.3 Å². The van der Waals surface area contributed by atoms with E-state index in [1.807, 2.05) is 23.8 Å². The number of benzene rings is 1. The van der Waals surface area contributed by atoms with Gasteiger partial charge in [0.05, 0.1) is 36.7 Å². The number of imidazole rings is 1. The summed E-state index contributed by atoms with van der Waals surface area (Å²) in [5, 5.41) is 4.26. The summed E-state index contributed by atoms with van der Waals surface area (Å²) in [5.41, 5.74) is 3.50. The lowest BCUT2D eigenvalue weighted by Gasteiger charge is -2.29. The molecule has 29 heavy (non-hydrogen) atoms. The molecule has 1 aliphatic carbocycles. The number of nitrogens with one attached hydrogen (secondary N) is 2. The van der Waals surface area contributed by atoms with E-state index >= 15 is 0 Å². The topological polar surface area (TPSA) is 81.2 Å². The van der Waals surface area contributed by atoms with Gasteiger partial charge >= 0.3 is 0 Å². The van der Waals surface area contributed by atoms with E-state index in [2.05, 4.69) is 27.4 Å². The van der Waals surface area contributed by atoms with Crippen molar-refractivity contribution in [2.24, 2.45) is 0 Å². The summed E-state index contributed by atoms with van der Waals surface area (Å²) in [6, 6.07) is 6.23. The standard InChI is InChI=1S/C22H28N4O3/c1-15-11-16-12-18(26-8-7-23-14-26)13-20(21(16)24-15)22(27)25-17-3-5-19(6-4-17)29-10-9-28-2/h7-8,11-14,17,19,24H,3-6,9-10H2,1-2H3,(H,25,27)/t17-,19-. The van der Waals surface area contributed by atoms with E-state index in [9.17, 15) is 4.79 Å². The molecule has 7 heteroatoms. The smallest absolute Gasteiger partial charge is 0.253 e. The molecule has 4 rings (SSSR count). The molecular weight excluding hydrogens is 368 g/mol. The van der Waals surface area contributed by atoms with Crippen LogP contribution in [-0.4, -0.2) is 52.9 Å². The Kier molecular flexibility index (Phi) is 5.97. The number of rotatable bonds is 7. The number of aromatic nitrogens is 3. The number of aryl methyl sites for hydroxylation is 1. The maximum Gasteiger partial charge on any atom is 0.253 e. The van der Waals surface area contributed by atoms with Gasteiger partial charge in [0.2, 0.25) is 0 Å².